The van der Waals surface area contributed by atoms with Gasteiger partial charge in [-0.05, 0) is 19.4 Å². The summed E-state index contributed by atoms with van der Waals surface area (Å²) in [6.07, 6.45) is 1.88. The van der Waals surface area contributed by atoms with Gasteiger partial charge in [-0.15, -0.1) is 0 Å². The Labute approximate surface area is 208 Å². The summed E-state index contributed by atoms with van der Waals surface area (Å²) >= 11 is 0. The van der Waals surface area contributed by atoms with Crippen LogP contribution in [0.15, 0.2) is 76.5 Å². The minimum atomic E-state index is -0.736. The molecule has 4 rings (SSSR count). The van der Waals surface area contributed by atoms with Crippen molar-refractivity contribution in [1.82, 2.24) is 15.6 Å². The fourth-order valence-corrected chi connectivity index (χ4v) is 3.79. The van der Waals surface area contributed by atoms with Crippen molar-refractivity contribution < 1.29 is 28.3 Å². The average Bonchev–Trinajstić information content (AvgIpc) is 3.36. The molecule has 0 saturated heterocycles. The third kappa shape index (κ3) is 5.99. The van der Waals surface area contributed by atoms with Gasteiger partial charge in [0.05, 0.1) is 36.5 Å². The van der Waals surface area contributed by atoms with Crippen molar-refractivity contribution in [3.63, 3.8) is 0 Å². The summed E-state index contributed by atoms with van der Waals surface area (Å²) in [5.41, 5.74) is 3.10. The van der Waals surface area contributed by atoms with Gasteiger partial charge in [-0.25, -0.2) is 14.6 Å². The Kier molecular flexibility index (Phi) is 7.79. The molecule has 1 atom stereocenters. The monoisotopic (exact) mass is 489 g/mol. The second kappa shape index (κ2) is 11.4. The van der Waals surface area contributed by atoms with Crippen molar-refractivity contribution in [2.45, 2.75) is 32.7 Å². The molecule has 36 heavy (non-hydrogen) atoms. The summed E-state index contributed by atoms with van der Waals surface area (Å²) in [4.78, 5) is 41.8. The molecular weight excluding hydrogens is 462 g/mol. The van der Waals surface area contributed by atoms with Crippen LogP contribution in [0.3, 0.4) is 0 Å². The van der Waals surface area contributed by atoms with E-state index in [9.17, 15) is 14.4 Å². The smallest absolute Gasteiger partial charge is 0.338 e. The molecule has 0 spiro atoms. The zero-order chi connectivity index (χ0) is 25.5. The predicted octanol–water partition coefficient (Wildman–Crippen LogP) is 4.00. The number of hydrogen-bond acceptors (Lipinski definition) is 7. The first-order valence-corrected chi connectivity index (χ1v) is 11.6. The second-order valence-corrected chi connectivity index (χ2v) is 8.20. The number of amides is 2. The Morgan fingerprint density at radius 3 is 2.53 bits per heavy atom. The van der Waals surface area contributed by atoms with Gasteiger partial charge in [-0.2, -0.15) is 0 Å². The Morgan fingerprint density at radius 1 is 1.06 bits per heavy atom. The molecule has 9 heteroatoms. The highest BCUT2D eigenvalue weighted by atomic mass is 16.5. The van der Waals surface area contributed by atoms with Gasteiger partial charge in [0.15, 0.2) is 11.7 Å². The van der Waals surface area contributed by atoms with Crippen LogP contribution >= 0.6 is 0 Å². The summed E-state index contributed by atoms with van der Waals surface area (Å²) in [6, 6.07) is 15.6. The molecule has 3 aromatic rings. The standard InChI is InChI=1S/C27H27N3O6/c1-3-34-26(32)24-20(29-27(33)30-25(24)19-7-5-4-6-8-19)16-35-23(31)14-13-22-28-15-21(36-22)18-11-9-17(2)10-12-18/h4-12,15,25H,3,13-14,16H2,1-2H3,(H2,29,30,33). The van der Waals surface area contributed by atoms with Gasteiger partial charge >= 0.3 is 18.0 Å². The molecule has 1 unspecified atom stereocenters. The summed E-state index contributed by atoms with van der Waals surface area (Å²) < 4.78 is 16.3. The van der Waals surface area contributed by atoms with E-state index >= 15 is 0 Å². The minimum Gasteiger partial charge on any atom is -0.463 e. The molecule has 0 bridgehead atoms. The lowest BCUT2D eigenvalue weighted by atomic mass is 9.95. The van der Waals surface area contributed by atoms with Gasteiger partial charge in [-0.1, -0.05) is 60.2 Å². The minimum absolute atomic E-state index is 0.0180. The van der Waals surface area contributed by atoms with E-state index in [-0.39, 0.29) is 37.3 Å². The number of aryl methyl sites for hydroxylation is 2. The molecule has 9 nitrogen and oxygen atoms in total. The Morgan fingerprint density at radius 2 is 1.81 bits per heavy atom. The van der Waals surface area contributed by atoms with Crippen LogP contribution in [-0.4, -0.2) is 36.2 Å². The summed E-state index contributed by atoms with van der Waals surface area (Å²) in [5.74, 6) is -0.0987. The molecule has 1 aromatic heterocycles. The Bertz CT molecular complexity index is 1260. The zero-order valence-electron chi connectivity index (χ0n) is 20.1. The van der Waals surface area contributed by atoms with Crippen molar-refractivity contribution in [3.05, 3.63) is 89.1 Å². The van der Waals surface area contributed by atoms with Crippen molar-refractivity contribution in [2.24, 2.45) is 0 Å². The maximum Gasteiger partial charge on any atom is 0.338 e. The van der Waals surface area contributed by atoms with E-state index in [0.29, 0.717) is 17.2 Å². The van der Waals surface area contributed by atoms with Crippen molar-refractivity contribution in [1.29, 1.82) is 0 Å². The molecule has 0 aliphatic carbocycles. The summed E-state index contributed by atoms with van der Waals surface area (Å²) in [7, 11) is 0. The molecule has 0 radical (unpaired) electrons. The van der Waals surface area contributed by atoms with Gasteiger partial charge in [0, 0.05) is 12.0 Å². The normalized spacial score (nSPS) is 15.2. The van der Waals surface area contributed by atoms with Crippen LogP contribution in [0, 0.1) is 6.92 Å². The van der Waals surface area contributed by atoms with Gasteiger partial charge in [0.25, 0.3) is 0 Å². The SMILES string of the molecule is CCOC(=O)C1=C(COC(=O)CCc2ncc(-c3ccc(C)cc3)o2)NC(=O)NC1c1ccccc1. The van der Waals surface area contributed by atoms with Crippen LogP contribution in [0.1, 0.15) is 36.4 Å². The number of ether oxygens (including phenoxy) is 2. The van der Waals surface area contributed by atoms with Gasteiger partial charge < -0.3 is 24.5 Å². The highest BCUT2D eigenvalue weighted by Gasteiger charge is 2.34. The van der Waals surface area contributed by atoms with E-state index in [1.54, 1.807) is 37.4 Å². The summed E-state index contributed by atoms with van der Waals surface area (Å²) in [5, 5.41) is 5.32. The number of urea groups is 1. The topological polar surface area (TPSA) is 120 Å². The van der Waals surface area contributed by atoms with Crippen LogP contribution in [0.5, 0.6) is 0 Å². The predicted molar refractivity (Wildman–Crippen MR) is 130 cm³/mol. The lowest BCUT2D eigenvalue weighted by molar-refractivity contribution is -0.143. The number of hydrogen-bond donors (Lipinski definition) is 2. The molecule has 1 aliphatic rings. The molecule has 186 valence electrons. The van der Waals surface area contributed by atoms with E-state index < -0.39 is 24.0 Å². The zero-order valence-corrected chi connectivity index (χ0v) is 20.1. The van der Waals surface area contributed by atoms with Crippen LogP contribution < -0.4 is 10.6 Å². The van der Waals surface area contributed by atoms with Crippen molar-refractivity contribution in [3.8, 4) is 11.3 Å². The average molecular weight is 490 g/mol. The first-order valence-electron chi connectivity index (χ1n) is 11.6. The fourth-order valence-electron chi connectivity index (χ4n) is 3.79. The number of rotatable bonds is 9. The number of nitrogens with one attached hydrogen (secondary N) is 2. The molecule has 0 saturated carbocycles. The largest absolute Gasteiger partial charge is 0.463 e. The van der Waals surface area contributed by atoms with E-state index in [1.165, 1.54) is 0 Å². The van der Waals surface area contributed by atoms with E-state index in [0.717, 1.165) is 11.1 Å². The molecule has 2 N–H and O–H groups in total. The van der Waals surface area contributed by atoms with Gasteiger partial charge in [-0.3, -0.25) is 4.79 Å². The van der Waals surface area contributed by atoms with Crippen LogP contribution in [0.4, 0.5) is 4.79 Å². The first-order chi connectivity index (χ1) is 17.4. The first kappa shape index (κ1) is 24.7. The lowest BCUT2D eigenvalue weighted by Crippen LogP contribution is -2.47. The maximum atomic E-state index is 12.8. The number of esters is 2. The quantitative estimate of drug-likeness (QED) is 0.436. The number of oxazole rings is 1. The molecule has 1 aliphatic heterocycles. The van der Waals surface area contributed by atoms with Gasteiger partial charge in [0.2, 0.25) is 0 Å². The summed E-state index contributed by atoms with van der Waals surface area (Å²) in [6.45, 7) is 3.57. The molecule has 2 aromatic carbocycles. The third-order valence-electron chi connectivity index (χ3n) is 5.59. The lowest BCUT2D eigenvalue weighted by Gasteiger charge is -2.29. The van der Waals surface area contributed by atoms with E-state index in [1.807, 2.05) is 37.3 Å². The van der Waals surface area contributed by atoms with Crippen LogP contribution in [0.25, 0.3) is 11.3 Å². The van der Waals surface area contributed by atoms with Crippen molar-refractivity contribution in [2.75, 3.05) is 13.2 Å². The highest BCUT2D eigenvalue weighted by molar-refractivity contribution is 5.95. The number of nitrogens with zero attached hydrogens (tertiary/aromatic N) is 1. The molecule has 2 amide bonds. The number of benzene rings is 2. The number of carbonyl (C=O) groups is 3. The highest BCUT2D eigenvalue weighted by Crippen LogP contribution is 2.28. The number of carbonyl (C=O) groups excluding carboxylic acids is 3. The van der Waals surface area contributed by atoms with E-state index in [4.69, 9.17) is 13.9 Å². The number of aromatic nitrogens is 1. The molecular formula is C27H27N3O6. The van der Waals surface area contributed by atoms with Gasteiger partial charge in [0.1, 0.15) is 6.61 Å². The Hall–Kier alpha value is -4.40. The van der Waals surface area contributed by atoms with Crippen LogP contribution in [-0.2, 0) is 25.5 Å². The second-order valence-electron chi connectivity index (χ2n) is 8.20. The molecule has 0 fully saturated rings. The van der Waals surface area contributed by atoms with Crippen molar-refractivity contribution >= 4 is 18.0 Å². The van der Waals surface area contributed by atoms with Crippen LogP contribution in [0.2, 0.25) is 0 Å². The third-order valence-corrected chi connectivity index (χ3v) is 5.59. The maximum absolute atomic E-state index is 12.8. The Balaban J connectivity index is 1.42. The van der Waals surface area contributed by atoms with E-state index in [2.05, 4.69) is 15.6 Å². The molecule has 2 heterocycles. The fraction of sp³-hybridized carbons (Fsp3) is 0.259.